The van der Waals surface area contributed by atoms with Crippen molar-refractivity contribution in [3.05, 3.63) is 89.5 Å². The summed E-state index contributed by atoms with van der Waals surface area (Å²) in [5.41, 5.74) is 4.05. The van der Waals surface area contributed by atoms with Gasteiger partial charge < -0.3 is 15.9 Å². The fourth-order valence-electron chi connectivity index (χ4n) is 3.41. The van der Waals surface area contributed by atoms with Gasteiger partial charge in [-0.1, -0.05) is 54.2 Å². The molecule has 0 spiro atoms. The monoisotopic (exact) mass is 495 g/mol. The van der Waals surface area contributed by atoms with E-state index < -0.39 is 11.9 Å². The Labute approximate surface area is 205 Å². The van der Waals surface area contributed by atoms with E-state index in [9.17, 15) is 13.6 Å². The topological polar surface area (TPSA) is 95.1 Å². The van der Waals surface area contributed by atoms with Crippen molar-refractivity contribution in [2.24, 2.45) is 0 Å². The standard InChI is InChI=1S/C25H23F2N5O2S/c1-15-8-9-16(2)20(14-15)29-23(33)21(17-6-4-3-5-7-17)35-25-31-30-22(32(25)28)18-10-12-19(13-11-18)34-24(26)27/h3-14,21,24H,28H2,1-2H3,(H,29,33). The van der Waals surface area contributed by atoms with Crippen LogP contribution < -0.4 is 15.9 Å². The van der Waals surface area contributed by atoms with Crippen molar-refractivity contribution in [3.8, 4) is 17.1 Å². The fraction of sp³-hybridized carbons (Fsp3) is 0.160. The number of halogens is 2. The zero-order chi connectivity index (χ0) is 24.9. The third-order valence-corrected chi connectivity index (χ3v) is 6.43. The summed E-state index contributed by atoms with van der Waals surface area (Å²) in [6.45, 7) is 0.982. The number of hydrogen-bond donors (Lipinski definition) is 2. The van der Waals surface area contributed by atoms with Crippen LogP contribution in [0, 0.1) is 13.8 Å². The predicted molar refractivity (Wildman–Crippen MR) is 132 cm³/mol. The highest BCUT2D eigenvalue weighted by atomic mass is 32.2. The largest absolute Gasteiger partial charge is 0.435 e. The van der Waals surface area contributed by atoms with Crippen molar-refractivity contribution in [2.75, 3.05) is 11.2 Å². The van der Waals surface area contributed by atoms with Crippen LogP contribution in [0.15, 0.2) is 78.0 Å². The normalized spacial score (nSPS) is 11.9. The number of carbonyl (C=O) groups is 1. The van der Waals surface area contributed by atoms with Crippen molar-refractivity contribution in [1.29, 1.82) is 0 Å². The van der Waals surface area contributed by atoms with Crippen molar-refractivity contribution < 1.29 is 18.3 Å². The Morgan fingerprint density at radius 3 is 2.43 bits per heavy atom. The Bertz CT molecular complexity index is 1310. The number of alkyl halides is 2. The maximum atomic E-state index is 13.4. The molecule has 0 aliphatic rings. The molecule has 0 aliphatic heterocycles. The van der Waals surface area contributed by atoms with Gasteiger partial charge in [-0.15, -0.1) is 10.2 Å². The molecule has 1 aromatic heterocycles. The molecule has 0 bridgehead atoms. The van der Waals surface area contributed by atoms with Crippen LogP contribution in [0.25, 0.3) is 11.4 Å². The SMILES string of the molecule is Cc1ccc(C)c(NC(=O)C(Sc2nnc(-c3ccc(OC(F)F)cc3)n2N)c2ccccc2)c1. The van der Waals surface area contributed by atoms with Gasteiger partial charge in [-0.25, -0.2) is 4.68 Å². The molecule has 1 amide bonds. The van der Waals surface area contributed by atoms with E-state index in [0.717, 1.165) is 34.1 Å². The second kappa shape index (κ2) is 10.6. The lowest BCUT2D eigenvalue weighted by molar-refractivity contribution is -0.115. The Kier molecular flexibility index (Phi) is 7.31. The highest BCUT2D eigenvalue weighted by Gasteiger charge is 2.26. The second-order valence-electron chi connectivity index (χ2n) is 7.80. The third kappa shape index (κ3) is 5.78. The lowest BCUT2D eigenvalue weighted by atomic mass is 10.1. The number of anilines is 1. The molecule has 0 saturated heterocycles. The summed E-state index contributed by atoms with van der Waals surface area (Å²) in [6.07, 6.45) is 0. The van der Waals surface area contributed by atoms with Gasteiger partial charge in [-0.05, 0) is 60.9 Å². The molecule has 1 unspecified atom stereocenters. The number of nitrogen functional groups attached to an aromatic ring is 1. The van der Waals surface area contributed by atoms with Gasteiger partial charge in [0.05, 0.1) is 0 Å². The highest BCUT2D eigenvalue weighted by Crippen LogP contribution is 2.36. The van der Waals surface area contributed by atoms with Crippen molar-refractivity contribution in [3.63, 3.8) is 0 Å². The molecule has 35 heavy (non-hydrogen) atoms. The average Bonchev–Trinajstić information content (AvgIpc) is 3.20. The van der Waals surface area contributed by atoms with Crippen molar-refractivity contribution in [2.45, 2.75) is 30.9 Å². The quantitative estimate of drug-likeness (QED) is 0.253. The first-order valence-electron chi connectivity index (χ1n) is 10.7. The maximum Gasteiger partial charge on any atom is 0.387 e. The number of aryl methyl sites for hydroxylation is 2. The minimum absolute atomic E-state index is 0.0219. The number of aromatic nitrogens is 3. The Morgan fingerprint density at radius 1 is 1.03 bits per heavy atom. The molecular formula is C25H23F2N5O2S. The van der Waals surface area contributed by atoms with Crippen LogP contribution in [0.4, 0.5) is 14.5 Å². The van der Waals surface area contributed by atoms with Gasteiger partial charge in [0.25, 0.3) is 0 Å². The van der Waals surface area contributed by atoms with E-state index in [1.807, 2.05) is 62.4 Å². The third-order valence-electron chi connectivity index (χ3n) is 5.22. The lowest BCUT2D eigenvalue weighted by Crippen LogP contribution is -2.21. The fourth-order valence-corrected chi connectivity index (χ4v) is 4.37. The van der Waals surface area contributed by atoms with E-state index >= 15 is 0 Å². The molecule has 0 radical (unpaired) electrons. The molecule has 0 fully saturated rings. The van der Waals surface area contributed by atoms with Crippen LogP contribution in [-0.4, -0.2) is 27.4 Å². The molecule has 3 aromatic carbocycles. The first-order valence-corrected chi connectivity index (χ1v) is 11.5. The van der Waals surface area contributed by atoms with Crippen molar-refractivity contribution >= 4 is 23.4 Å². The van der Waals surface area contributed by atoms with Gasteiger partial charge in [0.1, 0.15) is 11.0 Å². The maximum absolute atomic E-state index is 13.4. The van der Waals surface area contributed by atoms with E-state index in [-0.39, 0.29) is 11.7 Å². The summed E-state index contributed by atoms with van der Waals surface area (Å²) < 4.78 is 30.5. The van der Waals surface area contributed by atoms with Crippen LogP contribution in [0.2, 0.25) is 0 Å². The van der Waals surface area contributed by atoms with Crippen LogP contribution >= 0.6 is 11.8 Å². The summed E-state index contributed by atoms with van der Waals surface area (Å²) in [5.74, 6) is 6.38. The number of amides is 1. The van der Waals surface area contributed by atoms with Crippen molar-refractivity contribution in [1.82, 2.24) is 14.9 Å². The molecular weight excluding hydrogens is 472 g/mol. The minimum Gasteiger partial charge on any atom is -0.435 e. The molecule has 7 nitrogen and oxygen atoms in total. The summed E-state index contributed by atoms with van der Waals surface area (Å²) in [7, 11) is 0. The van der Waals surface area contributed by atoms with Gasteiger partial charge in [0.2, 0.25) is 11.1 Å². The van der Waals surface area contributed by atoms with Crippen LogP contribution in [0.3, 0.4) is 0 Å². The minimum atomic E-state index is -2.91. The first-order chi connectivity index (χ1) is 16.8. The molecule has 180 valence electrons. The molecule has 0 saturated carbocycles. The molecule has 10 heteroatoms. The second-order valence-corrected chi connectivity index (χ2v) is 8.87. The Balaban J connectivity index is 1.60. The van der Waals surface area contributed by atoms with Crippen LogP contribution in [0.5, 0.6) is 5.75 Å². The van der Waals surface area contributed by atoms with E-state index in [4.69, 9.17) is 5.84 Å². The zero-order valence-corrected chi connectivity index (χ0v) is 19.8. The average molecular weight is 496 g/mol. The summed E-state index contributed by atoms with van der Waals surface area (Å²) >= 11 is 1.16. The van der Waals surface area contributed by atoms with Gasteiger partial charge in [-0.2, -0.15) is 8.78 Å². The summed E-state index contributed by atoms with van der Waals surface area (Å²) in [5, 5.41) is 11.0. The highest BCUT2D eigenvalue weighted by molar-refractivity contribution is 8.00. The van der Waals surface area contributed by atoms with E-state index in [0.29, 0.717) is 16.5 Å². The molecule has 4 rings (SSSR count). The number of nitrogens with zero attached hydrogens (tertiary/aromatic N) is 3. The molecule has 0 aliphatic carbocycles. The molecule has 4 aromatic rings. The predicted octanol–water partition coefficient (Wildman–Crippen LogP) is 5.35. The number of nitrogens with two attached hydrogens (primary N) is 1. The van der Waals surface area contributed by atoms with E-state index in [1.165, 1.54) is 16.8 Å². The van der Waals surface area contributed by atoms with Gasteiger partial charge in [-0.3, -0.25) is 4.79 Å². The number of hydrogen-bond acceptors (Lipinski definition) is 6. The molecule has 3 N–H and O–H groups in total. The van der Waals surface area contributed by atoms with Crippen LogP contribution in [-0.2, 0) is 4.79 Å². The first kappa shape index (κ1) is 24.2. The number of thioether (sulfide) groups is 1. The zero-order valence-electron chi connectivity index (χ0n) is 19.0. The number of ether oxygens (including phenoxy) is 1. The Morgan fingerprint density at radius 2 is 1.74 bits per heavy atom. The number of benzene rings is 3. The smallest absolute Gasteiger partial charge is 0.387 e. The lowest BCUT2D eigenvalue weighted by Gasteiger charge is -2.17. The number of nitrogens with one attached hydrogen (secondary N) is 1. The van der Waals surface area contributed by atoms with Gasteiger partial charge in [0, 0.05) is 11.3 Å². The van der Waals surface area contributed by atoms with Gasteiger partial charge >= 0.3 is 6.61 Å². The van der Waals surface area contributed by atoms with E-state index in [1.54, 1.807) is 12.1 Å². The van der Waals surface area contributed by atoms with Crippen LogP contribution in [0.1, 0.15) is 21.9 Å². The summed E-state index contributed by atoms with van der Waals surface area (Å²) in [4.78, 5) is 13.4. The van der Waals surface area contributed by atoms with Gasteiger partial charge in [0.15, 0.2) is 5.82 Å². The Hall–Kier alpha value is -3.92. The molecule has 1 atom stereocenters. The number of rotatable bonds is 8. The molecule has 1 heterocycles. The number of carbonyl (C=O) groups excluding carboxylic acids is 1. The van der Waals surface area contributed by atoms with E-state index in [2.05, 4.69) is 20.3 Å². The summed E-state index contributed by atoms with van der Waals surface area (Å²) in [6, 6.07) is 21.1.